The van der Waals surface area contributed by atoms with Crippen molar-refractivity contribution in [2.45, 2.75) is 22.8 Å². The molecule has 0 radical (unpaired) electrons. The zero-order valence-corrected chi connectivity index (χ0v) is 12.1. The van der Waals surface area contributed by atoms with E-state index in [1.54, 1.807) is 4.72 Å². The highest BCUT2D eigenvalue weighted by Crippen LogP contribution is 2.19. The highest BCUT2D eigenvalue weighted by atomic mass is 32.2. The van der Waals surface area contributed by atoms with Crippen LogP contribution in [-0.4, -0.2) is 40.2 Å². The van der Waals surface area contributed by atoms with E-state index in [-0.39, 0.29) is 4.90 Å². The first kappa shape index (κ1) is 16.5. The summed E-state index contributed by atoms with van der Waals surface area (Å²) in [5.74, 6) is -2.63. The fourth-order valence-corrected chi connectivity index (χ4v) is 3.29. The molecule has 0 amide bonds. The monoisotopic (exact) mass is 325 g/mol. The molecule has 0 aliphatic rings. The summed E-state index contributed by atoms with van der Waals surface area (Å²) < 4.78 is 61.6. The van der Waals surface area contributed by atoms with Gasteiger partial charge in [-0.1, -0.05) is 0 Å². The molecule has 10 heteroatoms. The summed E-state index contributed by atoms with van der Waals surface area (Å²) in [6, 6.07) is 0.767. The van der Waals surface area contributed by atoms with Crippen LogP contribution in [0.15, 0.2) is 28.0 Å². The summed E-state index contributed by atoms with van der Waals surface area (Å²) >= 11 is 0. The summed E-state index contributed by atoms with van der Waals surface area (Å²) in [7, 11) is -8.21. The molecule has 0 saturated heterocycles. The van der Waals surface area contributed by atoms with Gasteiger partial charge >= 0.3 is 5.97 Å². The molecule has 0 fully saturated rings. The van der Waals surface area contributed by atoms with E-state index in [1.807, 2.05) is 0 Å². The lowest BCUT2D eigenvalue weighted by Crippen LogP contribution is -2.38. The Morgan fingerprint density at radius 3 is 2.30 bits per heavy atom. The van der Waals surface area contributed by atoms with Gasteiger partial charge in [-0.05, 0) is 25.1 Å². The number of rotatable bonds is 5. The number of halogens is 1. The number of sulfone groups is 1. The molecule has 0 aliphatic heterocycles. The largest absolute Gasteiger partial charge is 0.480 e. The van der Waals surface area contributed by atoms with E-state index in [1.165, 1.54) is 0 Å². The van der Waals surface area contributed by atoms with Gasteiger partial charge in [0.25, 0.3) is 0 Å². The lowest BCUT2D eigenvalue weighted by molar-refractivity contribution is -0.138. The number of benzene rings is 1. The van der Waals surface area contributed by atoms with Crippen molar-refractivity contribution in [1.29, 1.82) is 0 Å². The van der Waals surface area contributed by atoms with Crippen LogP contribution in [0.25, 0.3) is 0 Å². The summed E-state index contributed by atoms with van der Waals surface area (Å²) in [5.41, 5.74) is 0. The van der Waals surface area contributed by atoms with E-state index in [9.17, 15) is 26.0 Å². The predicted octanol–water partition coefficient (Wildman–Crippen LogP) is -0.0194. The van der Waals surface area contributed by atoms with Gasteiger partial charge in [0.15, 0.2) is 9.84 Å². The molecule has 112 valence electrons. The highest BCUT2D eigenvalue weighted by Gasteiger charge is 2.25. The van der Waals surface area contributed by atoms with Gasteiger partial charge < -0.3 is 5.11 Å². The molecule has 1 unspecified atom stereocenters. The van der Waals surface area contributed by atoms with Crippen LogP contribution in [-0.2, 0) is 24.7 Å². The van der Waals surface area contributed by atoms with Crippen LogP contribution in [0.4, 0.5) is 4.39 Å². The van der Waals surface area contributed by atoms with E-state index >= 15 is 0 Å². The maximum atomic E-state index is 13.5. The molecular weight excluding hydrogens is 313 g/mol. The Balaban J connectivity index is 3.35. The summed E-state index contributed by atoms with van der Waals surface area (Å²) in [5, 5.41) is 8.63. The van der Waals surface area contributed by atoms with Crippen molar-refractivity contribution in [2.75, 3.05) is 6.26 Å². The average Bonchev–Trinajstić information content (AvgIpc) is 2.26. The number of hydrogen-bond donors (Lipinski definition) is 2. The van der Waals surface area contributed by atoms with Gasteiger partial charge in [0.2, 0.25) is 10.0 Å². The van der Waals surface area contributed by atoms with Crippen molar-refractivity contribution in [3.8, 4) is 0 Å². The zero-order valence-electron chi connectivity index (χ0n) is 10.5. The fraction of sp³-hybridized carbons (Fsp3) is 0.300. The lowest BCUT2D eigenvalue weighted by atomic mass is 10.3. The standard InChI is InChI=1S/C10H12FNO6S2/c1-6(10(13)14)12-20(17,18)9-5-7(19(2,15)16)3-4-8(9)11/h3-6,12H,1-2H3,(H,13,14). The number of carbonyl (C=O) groups is 1. The highest BCUT2D eigenvalue weighted by molar-refractivity contribution is 7.91. The van der Waals surface area contributed by atoms with E-state index < -0.39 is 42.6 Å². The van der Waals surface area contributed by atoms with Crippen LogP contribution in [0.3, 0.4) is 0 Å². The van der Waals surface area contributed by atoms with Crippen molar-refractivity contribution >= 4 is 25.8 Å². The quantitative estimate of drug-likeness (QED) is 0.735. The van der Waals surface area contributed by atoms with Gasteiger partial charge in [-0.2, -0.15) is 4.72 Å². The number of carboxylic acids is 1. The van der Waals surface area contributed by atoms with Gasteiger partial charge in [-0.15, -0.1) is 0 Å². The van der Waals surface area contributed by atoms with Crippen LogP contribution in [0.1, 0.15) is 6.92 Å². The van der Waals surface area contributed by atoms with E-state index in [0.29, 0.717) is 12.1 Å². The van der Waals surface area contributed by atoms with E-state index in [0.717, 1.165) is 19.2 Å². The van der Waals surface area contributed by atoms with Crippen molar-refractivity contribution in [3.05, 3.63) is 24.0 Å². The molecule has 0 bridgehead atoms. The molecule has 1 aromatic rings. The van der Waals surface area contributed by atoms with Crippen molar-refractivity contribution < 1.29 is 31.1 Å². The molecule has 0 aromatic heterocycles. The third-order valence-electron chi connectivity index (χ3n) is 2.32. The van der Waals surface area contributed by atoms with Gasteiger partial charge in [-0.25, -0.2) is 21.2 Å². The Morgan fingerprint density at radius 2 is 1.85 bits per heavy atom. The molecule has 0 saturated carbocycles. The Bertz CT molecular complexity index is 741. The Labute approximate surface area is 115 Å². The topological polar surface area (TPSA) is 118 Å². The zero-order chi connectivity index (χ0) is 15.7. The molecule has 7 nitrogen and oxygen atoms in total. The van der Waals surface area contributed by atoms with Crippen molar-refractivity contribution in [1.82, 2.24) is 4.72 Å². The third kappa shape index (κ3) is 3.74. The van der Waals surface area contributed by atoms with Gasteiger partial charge in [-0.3, -0.25) is 4.79 Å². The minimum absolute atomic E-state index is 0.387. The molecule has 20 heavy (non-hydrogen) atoms. The van der Waals surface area contributed by atoms with Gasteiger partial charge in [0.05, 0.1) is 4.90 Å². The second kappa shape index (κ2) is 5.46. The second-order valence-corrected chi connectivity index (χ2v) is 7.74. The smallest absolute Gasteiger partial charge is 0.321 e. The Hall–Kier alpha value is -1.52. The summed E-state index contributed by atoms with van der Waals surface area (Å²) in [6.07, 6.45) is 0.837. The molecule has 0 spiro atoms. The number of hydrogen-bond acceptors (Lipinski definition) is 5. The summed E-state index contributed by atoms with van der Waals surface area (Å²) in [4.78, 5) is 9.29. The second-order valence-electron chi connectivity index (χ2n) is 4.05. The SMILES string of the molecule is CC(NS(=O)(=O)c1cc(S(C)(=O)=O)ccc1F)C(=O)O. The minimum Gasteiger partial charge on any atom is -0.480 e. The van der Waals surface area contributed by atoms with E-state index in [2.05, 4.69) is 0 Å². The number of nitrogens with one attached hydrogen (secondary N) is 1. The van der Waals surface area contributed by atoms with Crippen molar-refractivity contribution in [3.63, 3.8) is 0 Å². The molecule has 1 rings (SSSR count). The summed E-state index contributed by atoms with van der Waals surface area (Å²) in [6.45, 7) is 1.05. The normalized spacial score (nSPS) is 13.9. The van der Waals surface area contributed by atoms with Crippen LogP contribution in [0, 0.1) is 5.82 Å². The maximum absolute atomic E-state index is 13.5. The first-order chi connectivity index (χ1) is 8.95. The van der Waals surface area contributed by atoms with Crippen LogP contribution < -0.4 is 4.72 Å². The maximum Gasteiger partial charge on any atom is 0.321 e. The van der Waals surface area contributed by atoms with Crippen LogP contribution in [0.2, 0.25) is 0 Å². The van der Waals surface area contributed by atoms with Crippen LogP contribution >= 0.6 is 0 Å². The lowest BCUT2D eigenvalue weighted by Gasteiger charge is -2.11. The number of sulfonamides is 1. The first-order valence-corrected chi connectivity index (χ1v) is 8.57. The Morgan fingerprint density at radius 1 is 1.30 bits per heavy atom. The van der Waals surface area contributed by atoms with E-state index in [4.69, 9.17) is 5.11 Å². The molecule has 2 N–H and O–H groups in total. The molecule has 0 heterocycles. The molecule has 0 aliphatic carbocycles. The molecular formula is C10H12FNO6S2. The number of carboxylic acid groups (broad SMARTS) is 1. The van der Waals surface area contributed by atoms with Crippen LogP contribution in [0.5, 0.6) is 0 Å². The first-order valence-electron chi connectivity index (χ1n) is 5.20. The fourth-order valence-electron chi connectivity index (χ4n) is 1.27. The minimum atomic E-state index is -4.49. The Kier molecular flexibility index (Phi) is 4.52. The van der Waals surface area contributed by atoms with Crippen molar-refractivity contribution in [2.24, 2.45) is 0 Å². The van der Waals surface area contributed by atoms with Gasteiger partial charge in [0, 0.05) is 6.26 Å². The molecule has 1 aromatic carbocycles. The number of aliphatic carboxylic acids is 1. The molecule has 1 atom stereocenters. The third-order valence-corrected chi connectivity index (χ3v) is 4.99. The predicted molar refractivity (Wildman–Crippen MR) is 66.9 cm³/mol. The average molecular weight is 325 g/mol. The van der Waals surface area contributed by atoms with Gasteiger partial charge in [0.1, 0.15) is 16.8 Å².